The molecule has 0 aliphatic carbocycles. The molecule has 1 N–H and O–H groups in total. The zero-order chi connectivity index (χ0) is 11.1. The first-order chi connectivity index (χ1) is 7.77. The van der Waals surface area contributed by atoms with Gasteiger partial charge in [0.2, 0.25) is 0 Å². The van der Waals surface area contributed by atoms with Crippen molar-refractivity contribution < 1.29 is 9.90 Å². The molecule has 0 saturated carbocycles. The van der Waals surface area contributed by atoms with Crippen LogP contribution in [0.1, 0.15) is 10.4 Å². The Morgan fingerprint density at radius 1 is 1.31 bits per heavy atom. The van der Waals surface area contributed by atoms with Crippen LogP contribution in [0.25, 0.3) is 16.6 Å². The fourth-order valence-electron chi connectivity index (χ4n) is 1.73. The minimum Gasteiger partial charge on any atom is -0.478 e. The van der Waals surface area contributed by atoms with Crippen LogP contribution in [-0.4, -0.2) is 31.1 Å². The fourth-order valence-corrected chi connectivity index (χ4v) is 1.73. The summed E-state index contributed by atoms with van der Waals surface area (Å²) in [6, 6.07) is 8.58. The van der Waals surface area contributed by atoms with Crippen LogP contribution in [0.2, 0.25) is 0 Å². The Balaban J connectivity index is 2.60. The van der Waals surface area contributed by atoms with Crippen LogP contribution in [0.5, 0.6) is 0 Å². The quantitative estimate of drug-likeness (QED) is 0.653. The second-order valence-electron chi connectivity index (χ2n) is 3.33. The summed E-state index contributed by atoms with van der Waals surface area (Å²) in [6.45, 7) is 0. The van der Waals surface area contributed by atoms with Gasteiger partial charge in [0.1, 0.15) is 0 Å². The van der Waals surface area contributed by atoms with Crippen molar-refractivity contribution in [3.8, 4) is 0 Å². The molecule has 6 nitrogen and oxygen atoms in total. The van der Waals surface area contributed by atoms with Gasteiger partial charge < -0.3 is 5.11 Å². The molecule has 0 aliphatic heterocycles. The molecule has 0 amide bonds. The Morgan fingerprint density at radius 2 is 2.12 bits per heavy atom. The summed E-state index contributed by atoms with van der Waals surface area (Å²) >= 11 is 0. The second kappa shape index (κ2) is 2.99. The summed E-state index contributed by atoms with van der Waals surface area (Å²) in [5.41, 5.74) is 1.32. The molecule has 0 fully saturated rings. The summed E-state index contributed by atoms with van der Waals surface area (Å²) < 4.78 is 1.52. The highest BCUT2D eigenvalue weighted by Gasteiger charge is 2.12. The number of tetrazole rings is 1. The molecule has 0 saturated heterocycles. The van der Waals surface area contributed by atoms with Crippen molar-refractivity contribution in [2.24, 2.45) is 0 Å². The third-order valence-corrected chi connectivity index (χ3v) is 2.42. The summed E-state index contributed by atoms with van der Waals surface area (Å²) in [6.07, 6.45) is 0. The van der Waals surface area contributed by atoms with E-state index in [0.717, 1.165) is 0 Å². The molecule has 0 bridgehead atoms. The first kappa shape index (κ1) is 8.78. The summed E-state index contributed by atoms with van der Waals surface area (Å²) in [5.74, 6) is -0.985. The van der Waals surface area contributed by atoms with Crippen molar-refractivity contribution in [1.82, 2.24) is 20.0 Å². The van der Waals surface area contributed by atoms with E-state index in [4.69, 9.17) is 5.11 Å². The molecule has 3 aromatic rings. The van der Waals surface area contributed by atoms with Crippen molar-refractivity contribution in [2.75, 3.05) is 0 Å². The number of carboxylic acid groups (broad SMARTS) is 1. The third kappa shape index (κ3) is 1.07. The first-order valence-electron chi connectivity index (χ1n) is 4.60. The van der Waals surface area contributed by atoms with Gasteiger partial charge in [0, 0.05) is 11.5 Å². The van der Waals surface area contributed by atoms with Crippen LogP contribution in [0.15, 0.2) is 30.3 Å². The number of carboxylic acids is 1. The van der Waals surface area contributed by atoms with Gasteiger partial charge in [-0.05, 0) is 16.5 Å². The van der Waals surface area contributed by atoms with Gasteiger partial charge in [0.05, 0.1) is 11.1 Å². The molecule has 0 spiro atoms. The van der Waals surface area contributed by atoms with Crippen molar-refractivity contribution in [1.29, 1.82) is 0 Å². The van der Waals surface area contributed by atoms with Gasteiger partial charge >= 0.3 is 5.97 Å². The predicted octanol–water partition coefficient (Wildman–Crippen LogP) is 0.976. The topological polar surface area (TPSA) is 80.4 Å². The van der Waals surface area contributed by atoms with Crippen molar-refractivity contribution >= 4 is 22.5 Å². The average molecular weight is 214 g/mol. The molecule has 0 radical (unpaired) electrons. The predicted molar refractivity (Wildman–Crippen MR) is 55.2 cm³/mol. The molecular formula is C10H6N4O2. The molecule has 16 heavy (non-hydrogen) atoms. The lowest BCUT2D eigenvalue weighted by Crippen LogP contribution is -2.01. The van der Waals surface area contributed by atoms with Gasteiger partial charge in [0.25, 0.3) is 0 Å². The van der Waals surface area contributed by atoms with E-state index in [0.29, 0.717) is 16.6 Å². The van der Waals surface area contributed by atoms with Gasteiger partial charge in [-0.1, -0.05) is 18.2 Å². The maximum atomic E-state index is 11.1. The van der Waals surface area contributed by atoms with E-state index in [1.54, 1.807) is 18.2 Å². The summed E-state index contributed by atoms with van der Waals surface area (Å²) in [7, 11) is 0. The number of aromatic nitrogens is 4. The van der Waals surface area contributed by atoms with E-state index in [-0.39, 0.29) is 5.56 Å². The Bertz CT molecular complexity index is 704. The molecule has 2 aromatic heterocycles. The van der Waals surface area contributed by atoms with E-state index in [2.05, 4.69) is 15.5 Å². The zero-order valence-corrected chi connectivity index (χ0v) is 8.03. The van der Waals surface area contributed by atoms with E-state index in [1.807, 2.05) is 6.07 Å². The Morgan fingerprint density at radius 3 is 2.94 bits per heavy atom. The van der Waals surface area contributed by atoms with E-state index >= 15 is 0 Å². The number of benzene rings is 1. The second-order valence-corrected chi connectivity index (χ2v) is 3.33. The van der Waals surface area contributed by atoms with Crippen LogP contribution in [0.3, 0.4) is 0 Å². The highest BCUT2D eigenvalue weighted by molar-refractivity contribution is 6.03. The van der Waals surface area contributed by atoms with Gasteiger partial charge in [-0.15, -0.1) is 5.10 Å². The highest BCUT2D eigenvalue weighted by Crippen LogP contribution is 2.19. The largest absolute Gasteiger partial charge is 0.478 e. The maximum absolute atomic E-state index is 11.1. The lowest BCUT2D eigenvalue weighted by Gasteiger charge is -2.03. The van der Waals surface area contributed by atoms with Crippen LogP contribution >= 0.6 is 0 Å². The normalized spacial score (nSPS) is 11.0. The molecule has 0 atom stereocenters. The van der Waals surface area contributed by atoms with Crippen molar-refractivity contribution in [2.45, 2.75) is 0 Å². The Labute approximate surface area is 89.1 Å². The van der Waals surface area contributed by atoms with Crippen LogP contribution in [-0.2, 0) is 0 Å². The van der Waals surface area contributed by atoms with E-state index < -0.39 is 5.97 Å². The van der Waals surface area contributed by atoms with Crippen molar-refractivity contribution in [3.05, 3.63) is 35.9 Å². The monoisotopic (exact) mass is 214 g/mol. The maximum Gasteiger partial charge on any atom is 0.336 e. The molecule has 3 rings (SSSR count). The number of nitrogens with zero attached hydrogens (tertiary/aromatic N) is 4. The Kier molecular flexibility index (Phi) is 1.64. The first-order valence-corrected chi connectivity index (χ1v) is 4.60. The number of carbonyl (C=O) groups is 1. The van der Waals surface area contributed by atoms with Gasteiger partial charge in [-0.25, -0.2) is 4.79 Å². The third-order valence-electron chi connectivity index (χ3n) is 2.42. The molecular weight excluding hydrogens is 208 g/mol. The zero-order valence-electron chi connectivity index (χ0n) is 8.03. The number of fused-ring (bicyclic) bond motifs is 3. The number of para-hydroxylation sites is 1. The lowest BCUT2D eigenvalue weighted by molar-refractivity contribution is 0.0699. The van der Waals surface area contributed by atoms with Gasteiger partial charge in [-0.2, -0.15) is 4.52 Å². The Hall–Kier alpha value is -2.50. The number of rotatable bonds is 1. The number of hydrogen-bond donors (Lipinski definition) is 1. The number of hydrogen-bond acceptors (Lipinski definition) is 4. The van der Waals surface area contributed by atoms with E-state index in [1.165, 1.54) is 10.6 Å². The lowest BCUT2D eigenvalue weighted by atomic mass is 10.1. The summed E-state index contributed by atoms with van der Waals surface area (Å²) in [5, 5.41) is 20.8. The standard InChI is InChI=1S/C10H6N4O2/c15-10(16)7-5-9-11-12-13-14(9)8-4-2-1-3-6(7)8/h1-5H,(H,15,16). The van der Waals surface area contributed by atoms with E-state index in [9.17, 15) is 4.79 Å². The van der Waals surface area contributed by atoms with Crippen LogP contribution < -0.4 is 0 Å². The number of pyridine rings is 1. The molecule has 0 unspecified atom stereocenters. The number of aromatic carboxylic acids is 1. The smallest absolute Gasteiger partial charge is 0.336 e. The molecule has 78 valence electrons. The SMILES string of the molecule is O=C(O)c1cc2nnnn2c2ccccc12. The van der Waals surface area contributed by atoms with Gasteiger partial charge in [-0.3, -0.25) is 0 Å². The minimum absolute atomic E-state index is 0.206. The van der Waals surface area contributed by atoms with Crippen LogP contribution in [0, 0.1) is 0 Å². The molecule has 1 aromatic carbocycles. The van der Waals surface area contributed by atoms with Gasteiger partial charge in [0.15, 0.2) is 5.65 Å². The fraction of sp³-hybridized carbons (Fsp3) is 0. The highest BCUT2D eigenvalue weighted by atomic mass is 16.4. The molecule has 0 aliphatic rings. The molecule has 6 heteroatoms. The van der Waals surface area contributed by atoms with Crippen LogP contribution in [0.4, 0.5) is 0 Å². The minimum atomic E-state index is -0.985. The molecule has 2 heterocycles. The summed E-state index contributed by atoms with van der Waals surface area (Å²) in [4.78, 5) is 11.1. The average Bonchev–Trinajstić information content (AvgIpc) is 2.75. The van der Waals surface area contributed by atoms with Crippen molar-refractivity contribution in [3.63, 3.8) is 0 Å².